The summed E-state index contributed by atoms with van der Waals surface area (Å²) in [5, 5.41) is 19.8. The highest BCUT2D eigenvalue weighted by Crippen LogP contribution is 2.30. The van der Waals surface area contributed by atoms with Crippen molar-refractivity contribution in [1.82, 2.24) is 0 Å². The van der Waals surface area contributed by atoms with Crippen molar-refractivity contribution in [2.24, 2.45) is 5.92 Å². The van der Waals surface area contributed by atoms with Crippen molar-refractivity contribution in [3.8, 4) is 5.75 Å². The fraction of sp³-hybridized carbons (Fsp3) is 0.500. The van der Waals surface area contributed by atoms with Crippen LogP contribution in [0, 0.1) is 16.0 Å². The molecule has 2 atom stereocenters. The van der Waals surface area contributed by atoms with Crippen molar-refractivity contribution < 1.29 is 19.6 Å². The van der Waals surface area contributed by atoms with Gasteiger partial charge in [0.2, 0.25) is 0 Å². The van der Waals surface area contributed by atoms with Crippen molar-refractivity contribution in [3.05, 3.63) is 33.9 Å². The van der Waals surface area contributed by atoms with Gasteiger partial charge in [-0.25, -0.2) is 4.79 Å². The molecule has 1 fully saturated rings. The average molecular weight is 279 g/mol. The third kappa shape index (κ3) is 3.26. The van der Waals surface area contributed by atoms with Gasteiger partial charge in [0.1, 0.15) is 11.3 Å². The van der Waals surface area contributed by atoms with Crippen LogP contribution in [0.3, 0.4) is 0 Å². The van der Waals surface area contributed by atoms with Gasteiger partial charge in [0.15, 0.2) is 0 Å². The number of aromatic carboxylic acids is 1. The molecule has 0 saturated heterocycles. The summed E-state index contributed by atoms with van der Waals surface area (Å²) in [6.45, 7) is 2.14. The van der Waals surface area contributed by atoms with E-state index in [1.54, 1.807) is 0 Å². The summed E-state index contributed by atoms with van der Waals surface area (Å²) in [4.78, 5) is 21.3. The van der Waals surface area contributed by atoms with Crippen LogP contribution in [0.4, 0.5) is 5.69 Å². The first kappa shape index (κ1) is 14.3. The highest BCUT2D eigenvalue weighted by Gasteiger charge is 2.23. The van der Waals surface area contributed by atoms with E-state index in [9.17, 15) is 14.9 Å². The van der Waals surface area contributed by atoms with Crippen LogP contribution in [0.1, 0.15) is 43.0 Å². The first-order valence-electron chi connectivity index (χ1n) is 6.65. The lowest BCUT2D eigenvalue weighted by Crippen LogP contribution is -2.24. The fourth-order valence-corrected chi connectivity index (χ4v) is 2.57. The van der Waals surface area contributed by atoms with Gasteiger partial charge in [-0.3, -0.25) is 10.1 Å². The summed E-state index contributed by atoms with van der Waals surface area (Å²) >= 11 is 0. The molecule has 0 amide bonds. The highest BCUT2D eigenvalue weighted by molar-refractivity contribution is 5.91. The standard InChI is InChI=1S/C14H17NO5/c1-9-3-2-4-11(7-9)20-13-6-5-10(15(18)19)8-12(13)14(16)17/h5-6,8-9,11H,2-4,7H2,1H3,(H,16,17). The molecule has 20 heavy (non-hydrogen) atoms. The summed E-state index contributed by atoms with van der Waals surface area (Å²) in [6.07, 6.45) is 3.97. The Morgan fingerprint density at radius 2 is 2.20 bits per heavy atom. The average Bonchev–Trinajstić information content (AvgIpc) is 2.38. The summed E-state index contributed by atoms with van der Waals surface area (Å²) in [6, 6.07) is 3.69. The Labute approximate surface area is 116 Å². The van der Waals surface area contributed by atoms with Gasteiger partial charge < -0.3 is 9.84 Å². The number of carboxylic acids is 1. The van der Waals surface area contributed by atoms with Gasteiger partial charge in [-0.1, -0.05) is 13.3 Å². The lowest BCUT2D eigenvalue weighted by atomic mass is 9.88. The molecule has 6 nitrogen and oxygen atoms in total. The molecule has 1 aromatic rings. The van der Waals surface area contributed by atoms with Crippen molar-refractivity contribution in [2.75, 3.05) is 0 Å². The topological polar surface area (TPSA) is 89.7 Å². The normalized spacial score (nSPS) is 22.2. The van der Waals surface area contributed by atoms with E-state index in [2.05, 4.69) is 6.92 Å². The molecule has 108 valence electrons. The molecule has 2 rings (SSSR count). The van der Waals surface area contributed by atoms with E-state index in [4.69, 9.17) is 9.84 Å². The van der Waals surface area contributed by atoms with Gasteiger partial charge in [0.05, 0.1) is 11.0 Å². The van der Waals surface area contributed by atoms with Gasteiger partial charge in [-0.05, 0) is 31.2 Å². The Morgan fingerprint density at radius 3 is 2.80 bits per heavy atom. The molecule has 0 aliphatic heterocycles. The first-order valence-corrected chi connectivity index (χ1v) is 6.65. The summed E-state index contributed by atoms with van der Waals surface area (Å²) in [5.74, 6) is -0.449. The molecule has 0 aromatic heterocycles. The number of benzene rings is 1. The summed E-state index contributed by atoms with van der Waals surface area (Å²) < 4.78 is 5.75. The van der Waals surface area contributed by atoms with Crippen LogP contribution in [-0.2, 0) is 0 Å². The summed E-state index contributed by atoms with van der Waals surface area (Å²) in [7, 11) is 0. The van der Waals surface area contributed by atoms with Crippen molar-refractivity contribution in [3.63, 3.8) is 0 Å². The van der Waals surface area contributed by atoms with Crippen molar-refractivity contribution in [2.45, 2.75) is 38.7 Å². The second-order valence-electron chi connectivity index (χ2n) is 5.25. The Bertz CT molecular complexity index is 528. The molecule has 1 N–H and O–H groups in total. The molecule has 1 aliphatic carbocycles. The number of nitro benzene ring substituents is 1. The van der Waals surface area contributed by atoms with E-state index in [-0.39, 0.29) is 23.1 Å². The monoisotopic (exact) mass is 279 g/mol. The molecular weight excluding hydrogens is 262 g/mol. The maximum atomic E-state index is 11.2. The van der Waals surface area contributed by atoms with E-state index >= 15 is 0 Å². The second kappa shape index (κ2) is 5.90. The minimum absolute atomic E-state index is 0.0155. The Kier molecular flexibility index (Phi) is 4.22. The Morgan fingerprint density at radius 1 is 1.45 bits per heavy atom. The lowest BCUT2D eigenvalue weighted by molar-refractivity contribution is -0.384. The SMILES string of the molecule is CC1CCCC(Oc2ccc([N+](=O)[O-])cc2C(=O)O)C1. The number of rotatable bonds is 4. The van der Waals surface area contributed by atoms with E-state index in [1.165, 1.54) is 12.1 Å². The second-order valence-corrected chi connectivity index (χ2v) is 5.25. The van der Waals surface area contributed by atoms with E-state index < -0.39 is 10.9 Å². The smallest absolute Gasteiger partial charge is 0.339 e. The summed E-state index contributed by atoms with van der Waals surface area (Å²) in [5.41, 5.74) is -0.399. The van der Waals surface area contributed by atoms with Gasteiger partial charge in [-0.15, -0.1) is 0 Å². The molecule has 6 heteroatoms. The quantitative estimate of drug-likeness (QED) is 0.675. The zero-order valence-corrected chi connectivity index (χ0v) is 11.2. The molecule has 0 spiro atoms. The predicted octanol–water partition coefficient (Wildman–Crippen LogP) is 3.25. The number of hydrogen-bond donors (Lipinski definition) is 1. The first-order chi connectivity index (χ1) is 9.47. The van der Waals surface area contributed by atoms with E-state index in [1.807, 2.05) is 0 Å². The maximum absolute atomic E-state index is 11.2. The van der Waals surface area contributed by atoms with Crippen LogP contribution < -0.4 is 4.74 Å². The van der Waals surface area contributed by atoms with Gasteiger partial charge in [-0.2, -0.15) is 0 Å². The van der Waals surface area contributed by atoms with Crippen molar-refractivity contribution >= 4 is 11.7 Å². The number of nitro groups is 1. The Hall–Kier alpha value is -2.11. The zero-order valence-electron chi connectivity index (χ0n) is 11.2. The number of non-ortho nitro benzene ring substituents is 1. The van der Waals surface area contributed by atoms with Crippen LogP contribution >= 0.6 is 0 Å². The minimum atomic E-state index is -1.22. The van der Waals surface area contributed by atoms with E-state index in [0.717, 1.165) is 31.7 Å². The van der Waals surface area contributed by atoms with Crippen LogP contribution in [-0.4, -0.2) is 22.1 Å². The number of ether oxygens (including phenoxy) is 1. The van der Waals surface area contributed by atoms with E-state index in [0.29, 0.717) is 5.92 Å². The molecule has 2 unspecified atom stereocenters. The third-order valence-corrected chi connectivity index (χ3v) is 3.59. The van der Waals surface area contributed by atoms with Crippen LogP contribution in [0.2, 0.25) is 0 Å². The number of carbonyl (C=O) groups is 1. The predicted molar refractivity (Wildman–Crippen MR) is 72.1 cm³/mol. The van der Waals surface area contributed by atoms with Crippen molar-refractivity contribution in [1.29, 1.82) is 0 Å². The molecule has 1 aliphatic rings. The van der Waals surface area contributed by atoms with Gasteiger partial charge in [0.25, 0.3) is 5.69 Å². The number of hydrogen-bond acceptors (Lipinski definition) is 4. The maximum Gasteiger partial charge on any atom is 0.339 e. The third-order valence-electron chi connectivity index (χ3n) is 3.59. The van der Waals surface area contributed by atoms with Crippen LogP contribution in [0.15, 0.2) is 18.2 Å². The Balaban J connectivity index is 2.22. The molecule has 1 aromatic carbocycles. The van der Waals surface area contributed by atoms with Crippen LogP contribution in [0.25, 0.3) is 0 Å². The zero-order chi connectivity index (χ0) is 14.7. The lowest BCUT2D eigenvalue weighted by Gasteiger charge is -2.27. The largest absolute Gasteiger partial charge is 0.490 e. The van der Waals surface area contributed by atoms with Crippen LogP contribution in [0.5, 0.6) is 5.75 Å². The number of carboxylic acid groups (broad SMARTS) is 1. The van der Waals surface area contributed by atoms with Gasteiger partial charge in [0, 0.05) is 12.1 Å². The minimum Gasteiger partial charge on any atom is -0.490 e. The fourth-order valence-electron chi connectivity index (χ4n) is 2.57. The molecular formula is C14H17NO5. The molecule has 1 saturated carbocycles. The highest BCUT2D eigenvalue weighted by atomic mass is 16.6. The molecule has 0 radical (unpaired) electrons. The molecule has 0 heterocycles. The van der Waals surface area contributed by atoms with Gasteiger partial charge >= 0.3 is 5.97 Å². The number of nitrogens with zero attached hydrogens (tertiary/aromatic N) is 1. The molecule has 0 bridgehead atoms.